The number of benzene rings is 2. The Morgan fingerprint density at radius 2 is 1.95 bits per heavy atom. The highest BCUT2D eigenvalue weighted by Gasteiger charge is 2.14. The van der Waals surface area contributed by atoms with Crippen LogP contribution in [-0.4, -0.2) is 13.0 Å². The second-order valence-corrected chi connectivity index (χ2v) is 5.04. The molecule has 2 aromatic carbocycles. The number of carbonyl (C=O) groups is 1. The van der Waals surface area contributed by atoms with Crippen molar-refractivity contribution in [2.45, 2.75) is 6.54 Å². The Morgan fingerprint density at radius 3 is 2.70 bits per heavy atom. The molecule has 0 unspecified atom stereocenters. The Hall–Kier alpha value is -1.72. The summed E-state index contributed by atoms with van der Waals surface area (Å²) < 4.78 is 13.6. The van der Waals surface area contributed by atoms with Crippen LogP contribution in [0.15, 0.2) is 46.9 Å². The van der Waals surface area contributed by atoms with Gasteiger partial charge in [0.15, 0.2) is 0 Å². The van der Waals surface area contributed by atoms with Gasteiger partial charge in [-0.3, -0.25) is 4.79 Å². The van der Waals surface area contributed by atoms with Crippen LogP contribution in [0.25, 0.3) is 0 Å². The lowest BCUT2D eigenvalue weighted by molar-refractivity contribution is 0.102. The summed E-state index contributed by atoms with van der Waals surface area (Å²) in [6.07, 6.45) is 0. The molecule has 0 spiro atoms. The van der Waals surface area contributed by atoms with Crippen molar-refractivity contribution in [1.29, 1.82) is 0 Å². The van der Waals surface area contributed by atoms with Crippen molar-refractivity contribution in [1.82, 2.24) is 5.32 Å². The molecule has 2 aromatic rings. The van der Waals surface area contributed by atoms with Gasteiger partial charge in [-0.15, -0.1) is 0 Å². The first-order valence-electron chi connectivity index (χ1n) is 6.11. The topological polar surface area (TPSA) is 41.1 Å². The molecule has 20 heavy (non-hydrogen) atoms. The molecule has 0 fully saturated rings. The number of nitrogens with one attached hydrogen (secondary N) is 2. The predicted molar refractivity (Wildman–Crippen MR) is 81.3 cm³/mol. The average Bonchev–Trinajstić information content (AvgIpc) is 2.44. The van der Waals surface area contributed by atoms with Crippen molar-refractivity contribution in [3.8, 4) is 0 Å². The monoisotopic (exact) mass is 336 g/mol. The zero-order valence-corrected chi connectivity index (χ0v) is 12.5. The highest BCUT2D eigenvalue weighted by atomic mass is 79.9. The van der Waals surface area contributed by atoms with Crippen molar-refractivity contribution in [3.63, 3.8) is 0 Å². The molecule has 0 aromatic heterocycles. The lowest BCUT2D eigenvalue weighted by Gasteiger charge is -2.11. The summed E-state index contributed by atoms with van der Waals surface area (Å²) in [6.45, 7) is 0.640. The summed E-state index contributed by atoms with van der Waals surface area (Å²) in [4.78, 5) is 12.2. The van der Waals surface area contributed by atoms with E-state index in [9.17, 15) is 9.18 Å². The molecule has 2 N–H and O–H groups in total. The molecule has 0 saturated heterocycles. The molecule has 0 heterocycles. The Kier molecular flexibility index (Phi) is 4.87. The lowest BCUT2D eigenvalue weighted by atomic mass is 10.1. The van der Waals surface area contributed by atoms with Gasteiger partial charge in [-0.05, 0) is 46.7 Å². The molecule has 2 rings (SSSR count). The summed E-state index contributed by atoms with van der Waals surface area (Å²) in [5, 5.41) is 5.84. The van der Waals surface area contributed by atoms with E-state index in [0.29, 0.717) is 12.2 Å². The van der Waals surface area contributed by atoms with Gasteiger partial charge >= 0.3 is 0 Å². The predicted octanol–water partition coefficient (Wildman–Crippen LogP) is 3.56. The van der Waals surface area contributed by atoms with E-state index in [2.05, 4.69) is 26.6 Å². The molecule has 0 radical (unpaired) electrons. The molecule has 1 amide bonds. The second-order valence-electron chi connectivity index (χ2n) is 4.24. The van der Waals surface area contributed by atoms with Crippen LogP contribution in [0.4, 0.5) is 10.1 Å². The van der Waals surface area contributed by atoms with E-state index in [1.165, 1.54) is 12.1 Å². The van der Waals surface area contributed by atoms with Gasteiger partial charge < -0.3 is 10.6 Å². The third-order valence-electron chi connectivity index (χ3n) is 2.83. The van der Waals surface area contributed by atoms with Gasteiger partial charge in [0.1, 0.15) is 5.82 Å². The Morgan fingerprint density at radius 1 is 1.20 bits per heavy atom. The number of para-hydroxylation sites is 1. The van der Waals surface area contributed by atoms with Crippen LogP contribution < -0.4 is 10.6 Å². The zero-order valence-electron chi connectivity index (χ0n) is 10.9. The molecule has 5 heteroatoms. The molecule has 0 saturated carbocycles. The fraction of sp³-hybridized carbons (Fsp3) is 0.133. The van der Waals surface area contributed by atoms with Crippen molar-refractivity contribution in [2.75, 3.05) is 12.4 Å². The zero-order chi connectivity index (χ0) is 14.5. The summed E-state index contributed by atoms with van der Waals surface area (Å²) >= 11 is 3.10. The largest absolute Gasteiger partial charge is 0.322 e. The molecule has 0 aliphatic rings. The highest BCUT2D eigenvalue weighted by molar-refractivity contribution is 9.10. The SMILES string of the molecule is CNCc1ccccc1NC(=O)c1cccc(F)c1Br. The van der Waals surface area contributed by atoms with E-state index in [1.54, 1.807) is 6.07 Å². The van der Waals surface area contributed by atoms with Crippen molar-refractivity contribution in [3.05, 3.63) is 63.9 Å². The molecular weight excluding hydrogens is 323 g/mol. The maximum Gasteiger partial charge on any atom is 0.256 e. The normalized spacial score (nSPS) is 10.3. The molecule has 0 atom stereocenters. The number of hydrogen-bond acceptors (Lipinski definition) is 2. The van der Waals surface area contributed by atoms with Gasteiger partial charge in [0, 0.05) is 12.2 Å². The van der Waals surface area contributed by atoms with E-state index in [4.69, 9.17) is 0 Å². The van der Waals surface area contributed by atoms with E-state index in [0.717, 1.165) is 5.56 Å². The minimum absolute atomic E-state index is 0.170. The number of hydrogen-bond donors (Lipinski definition) is 2. The first-order valence-corrected chi connectivity index (χ1v) is 6.90. The van der Waals surface area contributed by atoms with E-state index in [1.807, 2.05) is 31.3 Å². The van der Waals surface area contributed by atoms with Gasteiger partial charge in [0.05, 0.1) is 10.0 Å². The third-order valence-corrected chi connectivity index (χ3v) is 3.63. The van der Waals surface area contributed by atoms with Crippen LogP contribution in [0.5, 0.6) is 0 Å². The summed E-state index contributed by atoms with van der Waals surface area (Å²) in [7, 11) is 1.84. The van der Waals surface area contributed by atoms with Gasteiger partial charge in [-0.1, -0.05) is 24.3 Å². The smallest absolute Gasteiger partial charge is 0.256 e. The van der Waals surface area contributed by atoms with Gasteiger partial charge in [0.2, 0.25) is 0 Å². The number of carbonyl (C=O) groups excluding carboxylic acids is 1. The molecule has 104 valence electrons. The van der Waals surface area contributed by atoms with Crippen molar-refractivity contribution >= 4 is 27.5 Å². The molecule has 3 nitrogen and oxygen atoms in total. The van der Waals surface area contributed by atoms with Crippen LogP contribution >= 0.6 is 15.9 Å². The lowest BCUT2D eigenvalue weighted by Crippen LogP contribution is -2.16. The van der Waals surface area contributed by atoms with E-state index in [-0.39, 0.29) is 15.9 Å². The Bertz CT molecular complexity index is 631. The number of amides is 1. The van der Waals surface area contributed by atoms with Crippen molar-refractivity contribution in [2.24, 2.45) is 0 Å². The molecule has 0 bridgehead atoms. The van der Waals surface area contributed by atoms with Crippen molar-refractivity contribution < 1.29 is 9.18 Å². The summed E-state index contributed by atoms with van der Waals surface area (Å²) in [5.41, 5.74) is 1.95. The minimum atomic E-state index is -0.457. The molecule has 0 aliphatic carbocycles. The Labute approximate surface area is 125 Å². The van der Waals surface area contributed by atoms with Crippen LogP contribution in [0.3, 0.4) is 0 Å². The summed E-state index contributed by atoms with van der Waals surface area (Å²) in [6, 6.07) is 11.9. The second kappa shape index (κ2) is 6.63. The minimum Gasteiger partial charge on any atom is -0.322 e. The first kappa shape index (κ1) is 14.7. The number of halogens is 2. The van der Waals surface area contributed by atoms with E-state index >= 15 is 0 Å². The maximum atomic E-state index is 13.4. The fourth-order valence-corrected chi connectivity index (χ4v) is 2.30. The van der Waals surface area contributed by atoms with Crippen LogP contribution in [-0.2, 0) is 6.54 Å². The standard InChI is InChI=1S/C15H14BrFN2O/c1-18-9-10-5-2-3-8-13(10)19-15(20)11-6-4-7-12(17)14(11)16/h2-8,18H,9H2,1H3,(H,19,20). The highest BCUT2D eigenvalue weighted by Crippen LogP contribution is 2.22. The van der Waals surface area contributed by atoms with Crippen LogP contribution in [0.2, 0.25) is 0 Å². The van der Waals surface area contributed by atoms with Crippen LogP contribution in [0, 0.1) is 5.82 Å². The maximum absolute atomic E-state index is 13.4. The summed E-state index contributed by atoms with van der Waals surface area (Å²) in [5.74, 6) is -0.805. The Balaban J connectivity index is 2.26. The molecule has 0 aliphatic heterocycles. The van der Waals surface area contributed by atoms with E-state index < -0.39 is 5.82 Å². The van der Waals surface area contributed by atoms with Gasteiger partial charge in [0.25, 0.3) is 5.91 Å². The first-order chi connectivity index (χ1) is 9.63. The fourth-order valence-electron chi connectivity index (χ4n) is 1.86. The van der Waals surface area contributed by atoms with Gasteiger partial charge in [-0.25, -0.2) is 4.39 Å². The van der Waals surface area contributed by atoms with Crippen LogP contribution in [0.1, 0.15) is 15.9 Å². The third kappa shape index (κ3) is 3.23. The number of anilines is 1. The molecular formula is C15H14BrFN2O. The quantitative estimate of drug-likeness (QED) is 0.896. The van der Waals surface area contributed by atoms with Gasteiger partial charge in [-0.2, -0.15) is 0 Å². The average molecular weight is 337 g/mol. The number of rotatable bonds is 4.